The Labute approximate surface area is 187 Å². The van der Waals surface area contributed by atoms with E-state index in [1.807, 2.05) is 35.3 Å². The fraction of sp³-hybridized carbons (Fsp3) is 0.115. The van der Waals surface area contributed by atoms with E-state index >= 15 is 0 Å². The monoisotopic (exact) mass is 472 g/mol. The van der Waals surface area contributed by atoms with E-state index in [2.05, 4.69) is 52.3 Å². The zero-order valence-electron chi connectivity index (χ0n) is 16.5. The maximum absolute atomic E-state index is 14.0. The van der Waals surface area contributed by atoms with Crippen LogP contribution in [0.15, 0.2) is 94.5 Å². The molecule has 0 bridgehead atoms. The van der Waals surface area contributed by atoms with Gasteiger partial charge in [0.1, 0.15) is 11.6 Å². The number of nitrogens with zero attached hydrogens (tertiary/aromatic N) is 2. The molecule has 152 valence electrons. The molecule has 2 aliphatic rings. The van der Waals surface area contributed by atoms with Crippen molar-refractivity contribution in [2.75, 3.05) is 0 Å². The lowest BCUT2D eigenvalue weighted by Crippen LogP contribution is -2.33. The summed E-state index contributed by atoms with van der Waals surface area (Å²) in [7, 11) is 0. The van der Waals surface area contributed by atoms with Crippen molar-refractivity contribution in [3.63, 3.8) is 0 Å². The van der Waals surface area contributed by atoms with Gasteiger partial charge in [0.25, 0.3) is 0 Å². The summed E-state index contributed by atoms with van der Waals surface area (Å²) in [5.74, 6) is 0.533. The normalized spacial score (nSPS) is 19.5. The number of benzene rings is 4. The number of rotatable bonds is 2. The lowest BCUT2D eigenvalue weighted by Gasteiger charge is -2.38. The molecule has 0 amide bonds. The quantitative estimate of drug-likeness (QED) is 0.314. The second-order valence-corrected chi connectivity index (χ2v) is 8.83. The van der Waals surface area contributed by atoms with Gasteiger partial charge in [0.15, 0.2) is 0 Å². The molecule has 0 aromatic heterocycles. The van der Waals surface area contributed by atoms with Crippen molar-refractivity contribution in [1.82, 2.24) is 5.01 Å². The van der Waals surface area contributed by atoms with E-state index in [-0.39, 0.29) is 11.9 Å². The second-order valence-electron chi connectivity index (χ2n) is 7.92. The Morgan fingerprint density at radius 1 is 0.903 bits per heavy atom. The van der Waals surface area contributed by atoms with Crippen molar-refractivity contribution >= 4 is 32.4 Å². The van der Waals surface area contributed by atoms with Crippen LogP contribution in [0.2, 0.25) is 0 Å². The van der Waals surface area contributed by atoms with Gasteiger partial charge in [-0.15, -0.1) is 0 Å². The predicted molar refractivity (Wildman–Crippen MR) is 124 cm³/mol. The number of halogens is 2. The van der Waals surface area contributed by atoms with Crippen LogP contribution in [0.5, 0.6) is 5.75 Å². The Bertz CT molecular complexity index is 1350. The number of hydrazone groups is 1. The van der Waals surface area contributed by atoms with Gasteiger partial charge in [-0.25, -0.2) is 9.40 Å². The first-order valence-electron chi connectivity index (χ1n) is 10.2. The van der Waals surface area contributed by atoms with Crippen LogP contribution >= 0.6 is 15.9 Å². The summed E-state index contributed by atoms with van der Waals surface area (Å²) in [6.07, 6.45) is 0.282. The first kappa shape index (κ1) is 18.6. The molecule has 0 saturated heterocycles. The molecule has 0 radical (unpaired) electrons. The molecule has 31 heavy (non-hydrogen) atoms. The van der Waals surface area contributed by atoms with Gasteiger partial charge < -0.3 is 4.74 Å². The molecule has 5 heteroatoms. The van der Waals surface area contributed by atoms with Crippen molar-refractivity contribution in [3.8, 4) is 5.75 Å². The number of hydrogen-bond donors (Lipinski definition) is 0. The highest BCUT2D eigenvalue weighted by molar-refractivity contribution is 9.10. The Balaban J connectivity index is 1.46. The minimum Gasteiger partial charge on any atom is -0.464 e. The van der Waals surface area contributed by atoms with Crippen LogP contribution in [0.3, 0.4) is 0 Å². The molecular formula is C26H18BrFN2O. The number of hydrogen-bond acceptors (Lipinski definition) is 3. The van der Waals surface area contributed by atoms with Crippen molar-refractivity contribution in [2.45, 2.75) is 18.7 Å². The molecule has 0 saturated carbocycles. The molecule has 4 aromatic rings. The third-order valence-corrected chi connectivity index (χ3v) is 6.46. The van der Waals surface area contributed by atoms with E-state index in [1.54, 1.807) is 6.07 Å². The predicted octanol–water partition coefficient (Wildman–Crippen LogP) is 6.98. The maximum atomic E-state index is 14.0. The average molecular weight is 473 g/mol. The van der Waals surface area contributed by atoms with Crippen molar-refractivity contribution < 1.29 is 9.13 Å². The van der Waals surface area contributed by atoms with Crippen LogP contribution in [0.1, 0.15) is 35.4 Å². The molecule has 0 fully saturated rings. The average Bonchev–Trinajstić information content (AvgIpc) is 3.24. The second kappa shape index (κ2) is 7.20. The number of ether oxygens (including phenoxy) is 1. The highest BCUT2D eigenvalue weighted by Gasteiger charge is 2.41. The first-order chi connectivity index (χ1) is 15.2. The van der Waals surface area contributed by atoms with Gasteiger partial charge in [-0.1, -0.05) is 64.5 Å². The van der Waals surface area contributed by atoms with Crippen molar-refractivity contribution in [3.05, 3.63) is 112 Å². The third-order valence-electron chi connectivity index (χ3n) is 5.97. The van der Waals surface area contributed by atoms with E-state index in [9.17, 15) is 4.39 Å². The van der Waals surface area contributed by atoms with Crippen LogP contribution in [0.4, 0.5) is 4.39 Å². The molecule has 0 spiro atoms. The summed E-state index contributed by atoms with van der Waals surface area (Å²) in [5.41, 5.74) is 3.94. The van der Waals surface area contributed by atoms with Gasteiger partial charge in [0, 0.05) is 22.0 Å². The Hall–Kier alpha value is -3.18. The van der Waals surface area contributed by atoms with E-state index in [0.29, 0.717) is 0 Å². The van der Waals surface area contributed by atoms with Crippen LogP contribution in [0.25, 0.3) is 10.8 Å². The van der Waals surface area contributed by atoms with E-state index in [0.717, 1.165) is 39.0 Å². The van der Waals surface area contributed by atoms with Gasteiger partial charge in [0.2, 0.25) is 6.23 Å². The maximum Gasteiger partial charge on any atom is 0.213 e. The zero-order valence-corrected chi connectivity index (χ0v) is 18.1. The van der Waals surface area contributed by atoms with E-state index in [1.165, 1.54) is 22.9 Å². The molecule has 6 rings (SSSR count). The molecule has 2 aliphatic heterocycles. The molecule has 0 N–H and O–H groups in total. The minimum atomic E-state index is -0.479. The molecule has 2 heterocycles. The van der Waals surface area contributed by atoms with Gasteiger partial charge in [-0.3, -0.25) is 0 Å². The zero-order chi connectivity index (χ0) is 20.9. The summed E-state index contributed by atoms with van der Waals surface area (Å²) in [4.78, 5) is 0. The van der Waals surface area contributed by atoms with Gasteiger partial charge >= 0.3 is 0 Å². The van der Waals surface area contributed by atoms with Crippen molar-refractivity contribution in [1.29, 1.82) is 0 Å². The minimum absolute atomic E-state index is 0.0241. The van der Waals surface area contributed by atoms with E-state index in [4.69, 9.17) is 9.84 Å². The van der Waals surface area contributed by atoms with Crippen LogP contribution in [0, 0.1) is 5.82 Å². The Morgan fingerprint density at radius 3 is 2.65 bits per heavy atom. The molecule has 3 nitrogen and oxygen atoms in total. The van der Waals surface area contributed by atoms with Crippen LogP contribution < -0.4 is 4.74 Å². The Morgan fingerprint density at radius 2 is 1.77 bits per heavy atom. The SMILES string of the molecule is Fc1cccc([C@H]2Oc3ccc(Br)cc3[C@H]3CC(c4ccc5ccccc5c4)=NN32)c1. The van der Waals surface area contributed by atoms with Gasteiger partial charge in [0.05, 0.1) is 11.8 Å². The van der Waals surface area contributed by atoms with Gasteiger partial charge in [-0.2, -0.15) is 5.10 Å². The summed E-state index contributed by atoms with van der Waals surface area (Å²) in [5, 5.41) is 9.37. The molecule has 2 atom stereocenters. The van der Waals surface area contributed by atoms with Crippen molar-refractivity contribution in [2.24, 2.45) is 5.10 Å². The fourth-order valence-corrected chi connectivity index (χ4v) is 4.86. The third kappa shape index (κ3) is 3.20. The lowest BCUT2D eigenvalue weighted by molar-refractivity contribution is -0.0192. The molecule has 0 aliphatic carbocycles. The van der Waals surface area contributed by atoms with Crippen LogP contribution in [-0.4, -0.2) is 10.7 Å². The summed E-state index contributed by atoms with van der Waals surface area (Å²) >= 11 is 3.58. The number of fused-ring (bicyclic) bond motifs is 4. The molecule has 0 unspecified atom stereocenters. The summed E-state index contributed by atoms with van der Waals surface area (Å²) in [6.45, 7) is 0. The smallest absolute Gasteiger partial charge is 0.213 e. The molecular weight excluding hydrogens is 455 g/mol. The van der Waals surface area contributed by atoms with Crippen LogP contribution in [-0.2, 0) is 0 Å². The highest BCUT2D eigenvalue weighted by atomic mass is 79.9. The Kier molecular flexibility index (Phi) is 4.32. The lowest BCUT2D eigenvalue weighted by atomic mass is 9.95. The fourth-order valence-electron chi connectivity index (χ4n) is 4.48. The van der Waals surface area contributed by atoms with E-state index < -0.39 is 6.23 Å². The highest BCUT2D eigenvalue weighted by Crippen LogP contribution is 2.48. The standard InChI is InChI=1S/C26H18BrFN2O/c27-20-10-11-25-22(14-20)24-15-23(18-9-8-16-4-1-2-5-17(16)12-18)29-30(24)26(31-25)19-6-3-7-21(28)13-19/h1-14,24,26H,15H2/t24-,26-/m1/s1. The summed E-state index contributed by atoms with van der Waals surface area (Å²) < 4.78 is 21.3. The van der Waals surface area contributed by atoms with Gasteiger partial charge in [-0.05, 0) is 52.7 Å². The summed E-state index contributed by atoms with van der Waals surface area (Å²) in [6, 6.07) is 27.4. The topological polar surface area (TPSA) is 24.8 Å². The largest absolute Gasteiger partial charge is 0.464 e. The molecule has 4 aromatic carbocycles. The first-order valence-corrected chi connectivity index (χ1v) is 11.0.